The number of hydrogen-bond donors (Lipinski definition) is 4. The van der Waals surface area contributed by atoms with Crippen molar-refractivity contribution in [2.24, 2.45) is 11.8 Å². The van der Waals surface area contributed by atoms with E-state index in [0.29, 0.717) is 25.0 Å². The summed E-state index contributed by atoms with van der Waals surface area (Å²) in [6.45, 7) is 7.46. The van der Waals surface area contributed by atoms with Crippen molar-refractivity contribution in [2.75, 3.05) is 6.61 Å². The molecule has 4 atom stereocenters. The Kier molecular flexibility index (Phi) is 14.0. The SMILES string of the molecule is CC(=O)NC(C(=O)NC(C[C@H](O)C(CCc1ccccc1)NC(=O)CCOc1ccc(C)cc1)C1CCCCC1)C(C)C. The van der Waals surface area contributed by atoms with Crippen molar-refractivity contribution in [3.05, 3.63) is 65.7 Å². The van der Waals surface area contributed by atoms with Gasteiger partial charge < -0.3 is 25.8 Å². The summed E-state index contributed by atoms with van der Waals surface area (Å²) in [7, 11) is 0. The molecule has 0 heterocycles. The van der Waals surface area contributed by atoms with E-state index in [-0.39, 0.29) is 48.6 Å². The van der Waals surface area contributed by atoms with Gasteiger partial charge in [0.05, 0.1) is 25.2 Å². The molecule has 0 aromatic heterocycles. The van der Waals surface area contributed by atoms with Gasteiger partial charge in [-0.2, -0.15) is 0 Å². The lowest BCUT2D eigenvalue weighted by atomic mass is 9.80. The molecule has 3 amide bonds. The zero-order valence-electron chi connectivity index (χ0n) is 26.3. The maximum Gasteiger partial charge on any atom is 0.243 e. The number of ether oxygens (including phenoxy) is 1. The van der Waals surface area contributed by atoms with E-state index in [1.807, 2.05) is 75.4 Å². The summed E-state index contributed by atoms with van der Waals surface area (Å²) < 4.78 is 5.76. The van der Waals surface area contributed by atoms with Crippen molar-refractivity contribution in [1.82, 2.24) is 16.0 Å². The molecule has 0 bridgehead atoms. The fraction of sp³-hybridized carbons (Fsp3) is 0.571. The predicted molar refractivity (Wildman–Crippen MR) is 170 cm³/mol. The first kappa shape index (κ1) is 34.1. The van der Waals surface area contributed by atoms with Crippen LogP contribution in [0.5, 0.6) is 5.75 Å². The Labute approximate surface area is 257 Å². The summed E-state index contributed by atoms with van der Waals surface area (Å²) in [5.74, 6) is 0.188. The van der Waals surface area contributed by atoms with E-state index < -0.39 is 18.2 Å². The molecule has 43 heavy (non-hydrogen) atoms. The first-order valence-electron chi connectivity index (χ1n) is 15.9. The van der Waals surface area contributed by atoms with Crippen molar-refractivity contribution < 1.29 is 24.2 Å². The number of benzene rings is 2. The zero-order chi connectivity index (χ0) is 31.2. The molecular formula is C35H51N3O5. The van der Waals surface area contributed by atoms with Gasteiger partial charge in [0.15, 0.2) is 0 Å². The van der Waals surface area contributed by atoms with Crippen molar-refractivity contribution >= 4 is 17.7 Å². The van der Waals surface area contributed by atoms with Gasteiger partial charge in [0.25, 0.3) is 0 Å². The van der Waals surface area contributed by atoms with E-state index in [2.05, 4.69) is 16.0 Å². The fourth-order valence-electron chi connectivity index (χ4n) is 5.86. The number of aliphatic hydroxyl groups is 1. The standard InChI is InChI=1S/C35H51N3O5/c1-24(2)34(36-26(4)39)35(42)38-31(28-13-9-6-10-14-28)23-32(40)30(20-17-27-11-7-5-8-12-27)37-33(41)21-22-43-29-18-15-25(3)16-19-29/h5,7-8,11-12,15-16,18-19,24,28,30-32,34,40H,6,9-10,13-14,17,20-23H2,1-4H3,(H,36,39)(H,37,41)(H,38,42)/t30?,31?,32-,34?/m0/s1. The highest BCUT2D eigenvalue weighted by Gasteiger charge is 2.33. The lowest BCUT2D eigenvalue weighted by Crippen LogP contribution is -2.55. The topological polar surface area (TPSA) is 117 Å². The molecule has 1 fully saturated rings. The van der Waals surface area contributed by atoms with Crippen LogP contribution in [-0.2, 0) is 20.8 Å². The van der Waals surface area contributed by atoms with E-state index in [9.17, 15) is 19.5 Å². The molecule has 2 aromatic rings. The smallest absolute Gasteiger partial charge is 0.243 e. The lowest BCUT2D eigenvalue weighted by molar-refractivity contribution is -0.130. The highest BCUT2D eigenvalue weighted by Crippen LogP contribution is 2.29. The Morgan fingerprint density at radius 2 is 1.60 bits per heavy atom. The first-order chi connectivity index (χ1) is 20.6. The molecular weight excluding hydrogens is 542 g/mol. The van der Waals surface area contributed by atoms with Crippen molar-refractivity contribution in [3.8, 4) is 5.75 Å². The Morgan fingerprint density at radius 3 is 2.23 bits per heavy atom. The number of nitrogens with one attached hydrogen (secondary N) is 3. The van der Waals surface area contributed by atoms with Gasteiger partial charge in [-0.15, -0.1) is 0 Å². The number of aliphatic hydroxyl groups excluding tert-OH is 1. The Morgan fingerprint density at radius 1 is 0.930 bits per heavy atom. The van der Waals surface area contributed by atoms with Crippen molar-refractivity contribution in [3.63, 3.8) is 0 Å². The van der Waals surface area contributed by atoms with E-state index in [1.165, 1.54) is 13.3 Å². The molecule has 3 unspecified atom stereocenters. The van der Waals surface area contributed by atoms with E-state index in [4.69, 9.17) is 4.74 Å². The largest absolute Gasteiger partial charge is 0.493 e. The molecule has 4 N–H and O–H groups in total. The lowest BCUT2D eigenvalue weighted by Gasteiger charge is -2.35. The second kappa shape index (κ2) is 17.7. The van der Waals surface area contributed by atoms with Gasteiger partial charge in [-0.1, -0.05) is 81.1 Å². The molecule has 0 saturated heterocycles. The molecule has 0 radical (unpaired) electrons. The maximum atomic E-state index is 13.4. The average Bonchev–Trinajstić information content (AvgIpc) is 2.99. The van der Waals surface area contributed by atoms with Crippen LogP contribution in [0.3, 0.4) is 0 Å². The minimum Gasteiger partial charge on any atom is -0.493 e. The van der Waals surface area contributed by atoms with Crippen LogP contribution in [0.25, 0.3) is 0 Å². The van der Waals surface area contributed by atoms with Crippen LogP contribution in [0.2, 0.25) is 0 Å². The van der Waals surface area contributed by atoms with E-state index in [1.54, 1.807) is 0 Å². The second-order valence-corrected chi connectivity index (χ2v) is 12.3. The molecule has 1 aliphatic carbocycles. The maximum absolute atomic E-state index is 13.4. The third-order valence-corrected chi connectivity index (χ3v) is 8.37. The molecule has 3 rings (SSSR count). The molecule has 2 aromatic carbocycles. The van der Waals surface area contributed by atoms with Gasteiger partial charge in [0, 0.05) is 13.0 Å². The van der Waals surface area contributed by atoms with Gasteiger partial charge >= 0.3 is 0 Å². The minimum absolute atomic E-state index is 0.0825. The van der Waals surface area contributed by atoms with Crippen LogP contribution in [0.1, 0.15) is 83.3 Å². The molecule has 1 saturated carbocycles. The van der Waals surface area contributed by atoms with Gasteiger partial charge in [-0.3, -0.25) is 14.4 Å². The van der Waals surface area contributed by atoms with Crippen molar-refractivity contribution in [1.29, 1.82) is 0 Å². The summed E-state index contributed by atoms with van der Waals surface area (Å²) in [5.41, 5.74) is 2.27. The predicted octanol–water partition coefficient (Wildman–Crippen LogP) is 4.86. The fourth-order valence-corrected chi connectivity index (χ4v) is 5.86. The summed E-state index contributed by atoms with van der Waals surface area (Å²) in [4.78, 5) is 38.2. The summed E-state index contributed by atoms with van der Waals surface area (Å²) in [6.07, 6.45) is 6.16. The number of carbonyl (C=O) groups excluding carboxylic acids is 3. The number of aryl methyl sites for hydroxylation is 2. The van der Waals surface area contributed by atoms with Crippen LogP contribution in [0.4, 0.5) is 0 Å². The Hall–Kier alpha value is -3.39. The summed E-state index contributed by atoms with van der Waals surface area (Å²) >= 11 is 0. The third-order valence-electron chi connectivity index (χ3n) is 8.37. The average molecular weight is 594 g/mol. The molecule has 1 aliphatic rings. The number of rotatable bonds is 16. The van der Waals surface area contributed by atoms with Crippen LogP contribution >= 0.6 is 0 Å². The minimum atomic E-state index is -0.865. The second-order valence-electron chi connectivity index (χ2n) is 12.3. The molecule has 8 nitrogen and oxygen atoms in total. The van der Waals surface area contributed by atoms with Crippen LogP contribution in [-0.4, -0.2) is 53.7 Å². The van der Waals surface area contributed by atoms with Gasteiger partial charge in [0.1, 0.15) is 11.8 Å². The van der Waals surface area contributed by atoms with Gasteiger partial charge in [0.2, 0.25) is 17.7 Å². The zero-order valence-corrected chi connectivity index (χ0v) is 26.3. The number of carbonyl (C=O) groups is 3. The highest BCUT2D eigenvalue weighted by molar-refractivity contribution is 5.87. The first-order valence-corrected chi connectivity index (χ1v) is 15.9. The van der Waals surface area contributed by atoms with Crippen LogP contribution in [0.15, 0.2) is 54.6 Å². The van der Waals surface area contributed by atoms with E-state index in [0.717, 1.165) is 36.8 Å². The van der Waals surface area contributed by atoms with Crippen LogP contribution < -0.4 is 20.7 Å². The Balaban J connectivity index is 1.70. The summed E-state index contributed by atoms with van der Waals surface area (Å²) in [6, 6.07) is 16.3. The Bertz CT molecular complexity index is 1130. The number of hydrogen-bond acceptors (Lipinski definition) is 5. The monoisotopic (exact) mass is 593 g/mol. The van der Waals surface area contributed by atoms with E-state index >= 15 is 0 Å². The summed E-state index contributed by atoms with van der Waals surface area (Å²) in [5, 5.41) is 20.7. The number of amides is 3. The molecule has 236 valence electrons. The van der Waals surface area contributed by atoms with Gasteiger partial charge in [-0.05, 0) is 68.6 Å². The normalized spacial score (nSPS) is 16.5. The highest BCUT2D eigenvalue weighted by atomic mass is 16.5. The van der Waals surface area contributed by atoms with Crippen LogP contribution in [0, 0.1) is 18.8 Å². The quantitative estimate of drug-likeness (QED) is 0.222. The van der Waals surface area contributed by atoms with Crippen molar-refractivity contribution in [2.45, 2.75) is 110 Å². The molecule has 8 heteroatoms. The third kappa shape index (κ3) is 12.0. The molecule has 0 spiro atoms. The van der Waals surface area contributed by atoms with Gasteiger partial charge in [-0.25, -0.2) is 0 Å². The molecule has 0 aliphatic heterocycles.